The number of alkyl halides is 3. The molecule has 2 amide bonds. The second kappa shape index (κ2) is 13.0. The molecule has 1 saturated heterocycles. The summed E-state index contributed by atoms with van der Waals surface area (Å²) in [4.78, 5) is 26.2. The first kappa shape index (κ1) is 31.3. The minimum Gasteiger partial charge on any atom is -0.457 e. The molecule has 0 aliphatic carbocycles. The minimum atomic E-state index is -4.58. The molecule has 2 aromatic carbocycles. The number of anilines is 1. The van der Waals surface area contributed by atoms with Crippen molar-refractivity contribution in [3.63, 3.8) is 0 Å². The number of aromatic amines is 1. The molecular weight excluding hydrogens is 599 g/mol. The molecule has 1 atom stereocenters. The summed E-state index contributed by atoms with van der Waals surface area (Å²) in [6.07, 6.45) is -3.00. The molecular formula is C33H34F3N7O3. The van der Waals surface area contributed by atoms with Crippen LogP contribution in [0.1, 0.15) is 40.8 Å². The van der Waals surface area contributed by atoms with Crippen molar-refractivity contribution in [1.82, 2.24) is 24.7 Å². The molecule has 2 aromatic heterocycles. The monoisotopic (exact) mass is 633 g/mol. The summed E-state index contributed by atoms with van der Waals surface area (Å²) in [7, 11) is 0. The number of hydrogen-bond donors (Lipinski definition) is 3. The number of aromatic nitrogens is 2. The number of nitriles is 1. The van der Waals surface area contributed by atoms with E-state index in [4.69, 9.17) is 9.84 Å². The largest absolute Gasteiger partial charge is 0.457 e. The molecule has 2 aliphatic rings. The van der Waals surface area contributed by atoms with Crippen LogP contribution in [0.5, 0.6) is 11.5 Å². The van der Waals surface area contributed by atoms with E-state index >= 15 is 0 Å². The number of hydrogen-bond acceptors (Lipinski definition) is 7. The van der Waals surface area contributed by atoms with E-state index in [9.17, 15) is 23.2 Å². The third-order valence-electron chi connectivity index (χ3n) is 8.57. The maximum absolute atomic E-state index is 14.1. The lowest BCUT2D eigenvalue weighted by molar-refractivity contribution is -0.138. The summed E-state index contributed by atoms with van der Waals surface area (Å²) >= 11 is 0. The number of nitrogens with one attached hydrogen (secondary N) is 2. The maximum atomic E-state index is 14.1. The third kappa shape index (κ3) is 6.79. The molecule has 10 nitrogen and oxygen atoms in total. The average Bonchev–Trinajstić information content (AvgIpc) is 3.47. The van der Waals surface area contributed by atoms with E-state index in [1.165, 1.54) is 12.1 Å². The highest BCUT2D eigenvalue weighted by Gasteiger charge is 2.35. The van der Waals surface area contributed by atoms with Crippen molar-refractivity contribution in [3.05, 3.63) is 82.7 Å². The number of H-pyrrole nitrogens is 1. The van der Waals surface area contributed by atoms with Crippen molar-refractivity contribution in [1.29, 1.82) is 5.26 Å². The summed E-state index contributed by atoms with van der Waals surface area (Å²) < 4.78 is 48.6. The lowest BCUT2D eigenvalue weighted by Gasteiger charge is -2.35. The van der Waals surface area contributed by atoms with Crippen LogP contribution < -0.4 is 10.1 Å². The van der Waals surface area contributed by atoms with Crippen LogP contribution in [0.15, 0.2) is 54.7 Å². The van der Waals surface area contributed by atoms with Crippen LogP contribution in [0, 0.1) is 11.3 Å². The van der Waals surface area contributed by atoms with Gasteiger partial charge >= 0.3 is 12.2 Å². The Labute approximate surface area is 264 Å². The van der Waals surface area contributed by atoms with E-state index in [1.807, 2.05) is 30.0 Å². The predicted octanol–water partition coefficient (Wildman–Crippen LogP) is 5.51. The fourth-order valence-corrected chi connectivity index (χ4v) is 6.21. The number of aliphatic hydroxyl groups is 1. The van der Waals surface area contributed by atoms with E-state index in [-0.39, 0.29) is 36.9 Å². The number of pyridine rings is 1. The Balaban J connectivity index is 1.15. The number of urea groups is 1. The van der Waals surface area contributed by atoms with Crippen molar-refractivity contribution in [2.45, 2.75) is 32.1 Å². The highest BCUT2D eigenvalue weighted by molar-refractivity contribution is 5.90. The van der Waals surface area contributed by atoms with Gasteiger partial charge in [-0.3, -0.25) is 9.80 Å². The smallest absolute Gasteiger partial charge is 0.416 e. The number of halogens is 3. The zero-order chi connectivity index (χ0) is 32.4. The lowest BCUT2D eigenvalue weighted by Crippen LogP contribution is -2.46. The predicted molar refractivity (Wildman–Crippen MR) is 165 cm³/mol. The number of rotatable bonds is 7. The van der Waals surface area contributed by atoms with Crippen LogP contribution in [0.25, 0.3) is 11.0 Å². The number of piperazine rings is 1. The Morgan fingerprint density at radius 1 is 1.13 bits per heavy atom. The van der Waals surface area contributed by atoms with Gasteiger partial charge < -0.3 is 25.0 Å². The van der Waals surface area contributed by atoms with Crippen molar-refractivity contribution < 1.29 is 27.8 Å². The second-order valence-electron chi connectivity index (χ2n) is 11.8. The van der Waals surface area contributed by atoms with E-state index in [0.717, 1.165) is 17.2 Å². The standard InChI is InChI=1S/C33H34F3N7O3/c1-21-18-43(20-23-14-26(4-5-27(21)23)46-30-6-7-38-31-28(30)15-25(17-37)39-31)32(45)40-24-3-2-22(29(16-24)33(34,35)36)19-42-10-8-41(9-11-42)12-13-44/h2-7,14-16,21,44H,8-13,18-20H2,1H3,(H,38,39)(H,40,45)/t21-/m0/s1. The van der Waals surface area contributed by atoms with Crippen molar-refractivity contribution in [3.8, 4) is 17.6 Å². The van der Waals surface area contributed by atoms with E-state index in [0.29, 0.717) is 67.5 Å². The molecule has 13 heteroatoms. The molecule has 1 fully saturated rings. The highest BCUT2D eigenvalue weighted by atomic mass is 19.4. The first-order chi connectivity index (χ1) is 22.1. The van der Waals surface area contributed by atoms with Gasteiger partial charge in [-0.1, -0.05) is 19.1 Å². The van der Waals surface area contributed by atoms with Crippen molar-refractivity contribution >= 4 is 22.8 Å². The minimum absolute atomic E-state index is 0.00926. The quantitative estimate of drug-likeness (QED) is 0.246. The van der Waals surface area contributed by atoms with Crippen LogP contribution >= 0.6 is 0 Å². The molecule has 0 spiro atoms. The average molecular weight is 634 g/mol. The normalized spacial score (nSPS) is 17.5. The maximum Gasteiger partial charge on any atom is 0.416 e. The van der Waals surface area contributed by atoms with Gasteiger partial charge in [0.1, 0.15) is 28.9 Å². The van der Waals surface area contributed by atoms with Crippen LogP contribution in [0.2, 0.25) is 0 Å². The van der Waals surface area contributed by atoms with Crippen LogP contribution in [0.3, 0.4) is 0 Å². The second-order valence-corrected chi connectivity index (χ2v) is 11.8. The van der Waals surface area contributed by atoms with Gasteiger partial charge in [-0.25, -0.2) is 9.78 Å². The number of benzene rings is 2. The van der Waals surface area contributed by atoms with E-state index in [1.54, 1.807) is 23.2 Å². The fourth-order valence-electron chi connectivity index (χ4n) is 6.21. The van der Waals surface area contributed by atoms with Gasteiger partial charge in [0.25, 0.3) is 0 Å². The first-order valence-electron chi connectivity index (χ1n) is 15.1. The number of amides is 2. The number of aliphatic hydroxyl groups excluding tert-OH is 1. The third-order valence-corrected chi connectivity index (χ3v) is 8.57. The number of fused-ring (bicyclic) bond motifs is 2. The molecule has 0 saturated carbocycles. The van der Waals surface area contributed by atoms with E-state index in [2.05, 4.69) is 26.3 Å². The van der Waals surface area contributed by atoms with Gasteiger partial charge in [0.2, 0.25) is 0 Å². The topological polar surface area (TPSA) is 121 Å². The molecule has 240 valence electrons. The van der Waals surface area contributed by atoms with E-state index < -0.39 is 17.8 Å². The molecule has 6 rings (SSSR count). The van der Waals surface area contributed by atoms with Crippen LogP contribution in [-0.4, -0.2) is 81.7 Å². The number of ether oxygens (including phenoxy) is 1. The molecule has 2 aliphatic heterocycles. The van der Waals surface area contributed by atoms with Crippen LogP contribution in [0.4, 0.5) is 23.7 Å². The molecule has 46 heavy (non-hydrogen) atoms. The molecule has 4 heterocycles. The summed E-state index contributed by atoms with van der Waals surface area (Å²) in [5, 5.41) is 21.7. The first-order valence-corrected chi connectivity index (χ1v) is 15.1. The van der Waals surface area contributed by atoms with Gasteiger partial charge in [-0.15, -0.1) is 0 Å². The number of carbonyl (C=O) groups is 1. The molecule has 3 N–H and O–H groups in total. The van der Waals surface area contributed by atoms with Gasteiger partial charge in [-0.05, 0) is 59.0 Å². The fraction of sp³-hybridized carbons (Fsp3) is 0.364. The summed E-state index contributed by atoms with van der Waals surface area (Å²) in [6, 6.07) is 14.6. The number of nitrogens with zero attached hydrogens (tertiary/aromatic N) is 5. The Hall–Kier alpha value is -4.64. The van der Waals surface area contributed by atoms with Crippen LogP contribution in [-0.2, 0) is 19.3 Å². The molecule has 4 aromatic rings. The van der Waals surface area contributed by atoms with Crippen molar-refractivity contribution in [2.75, 3.05) is 51.2 Å². The molecule has 0 radical (unpaired) electrons. The summed E-state index contributed by atoms with van der Waals surface area (Å²) in [5.74, 6) is 1.06. The summed E-state index contributed by atoms with van der Waals surface area (Å²) in [5.41, 5.74) is 2.29. The lowest BCUT2D eigenvalue weighted by atomic mass is 9.91. The number of carbonyl (C=O) groups excluding carboxylic acids is 1. The number of β-amino-alcohol motifs (C(OH)–C–C–N with tert-alkyl or cyclic N) is 1. The zero-order valence-corrected chi connectivity index (χ0v) is 25.3. The van der Waals surface area contributed by atoms with Gasteiger partial charge in [0.15, 0.2) is 0 Å². The Morgan fingerprint density at radius 3 is 2.65 bits per heavy atom. The van der Waals surface area contributed by atoms with Gasteiger partial charge in [0, 0.05) is 64.2 Å². The SMILES string of the molecule is C[C@H]1CN(C(=O)Nc2ccc(CN3CCN(CCO)CC3)c(C(F)(F)F)c2)Cc2cc(Oc3ccnc4[nH]c(C#N)cc34)ccc21. The van der Waals surface area contributed by atoms with Crippen molar-refractivity contribution in [2.24, 2.45) is 0 Å². The Kier molecular flexibility index (Phi) is 8.86. The zero-order valence-electron chi connectivity index (χ0n) is 25.3. The molecule has 0 bridgehead atoms. The molecule has 0 unspecified atom stereocenters. The van der Waals surface area contributed by atoms with Gasteiger partial charge in [-0.2, -0.15) is 18.4 Å². The highest BCUT2D eigenvalue weighted by Crippen LogP contribution is 2.37. The Morgan fingerprint density at radius 2 is 1.91 bits per heavy atom. The Bertz CT molecular complexity index is 1780. The van der Waals surface area contributed by atoms with Gasteiger partial charge in [0.05, 0.1) is 17.6 Å². The summed E-state index contributed by atoms with van der Waals surface area (Å²) in [6.45, 7) is 6.00.